The number of carbonyl (C=O) groups excluding carboxylic acids is 2. The van der Waals surface area contributed by atoms with Crippen molar-refractivity contribution in [3.05, 3.63) is 30.1 Å². The second-order valence-corrected chi connectivity index (χ2v) is 7.34. The van der Waals surface area contributed by atoms with Gasteiger partial charge in [-0.1, -0.05) is 12.1 Å². The minimum atomic E-state index is -0.333. The molecule has 28 heavy (non-hydrogen) atoms. The number of nitrogens with one attached hydrogen (secondary N) is 1. The third kappa shape index (κ3) is 4.02. The van der Waals surface area contributed by atoms with E-state index in [1.54, 1.807) is 19.1 Å². The molecule has 1 aromatic heterocycles. The summed E-state index contributed by atoms with van der Waals surface area (Å²) in [6, 6.07) is 7.66. The van der Waals surface area contributed by atoms with Crippen LogP contribution in [0.15, 0.2) is 24.3 Å². The third-order valence-electron chi connectivity index (χ3n) is 5.29. The molecule has 2 aromatic rings. The second kappa shape index (κ2) is 8.70. The van der Waals surface area contributed by atoms with Crippen LogP contribution in [0, 0.1) is 0 Å². The number of benzene rings is 1. The van der Waals surface area contributed by atoms with E-state index < -0.39 is 0 Å². The van der Waals surface area contributed by atoms with Crippen LogP contribution >= 0.6 is 0 Å². The quantitative estimate of drug-likeness (QED) is 0.795. The standard InChI is InChI=1S/C20H29N5O3/c1-14(2)24-10-9-23(11-17(24)20(27)21-3)19(26)12-25-16-8-6-5-7-15(16)22-18(25)13-28-4/h5-8,14,17H,9-13H2,1-4H3,(H,21,27). The molecule has 1 fully saturated rings. The Bertz CT molecular complexity index is 847. The molecule has 3 rings (SSSR count). The number of hydrogen-bond donors (Lipinski definition) is 1. The predicted octanol–water partition coefficient (Wildman–Crippen LogP) is 0.850. The topological polar surface area (TPSA) is 79.7 Å². The molecule has 1 aromatic carbocycles. The van der Waals surface area contributed by atoms with Crippen molar-refractivity contribution in [2.24, 2.45) is 0 Å². The number of amides is 2. The number of nitrogens with zero attached hydrogens (tertiary/aromatic N) is 4. The number of likely N-dealkylation sites (N-methyl/N-ethyl adjacent to an activating group) is 1. The van der Waals surface area contributed by atoms with Crippen molar-refractivity contribution < 1.29 is 14.3 Å². The zero-order valence-corrected chi connectivity index (χ0v) is 17.0. The van der Waals surface area contributed by atoms with E-state index in [1.165, 1.54) is 0 Å². The molecule has 1 saturated heterocycles. The van der Waals surface area contributed by atoms with Gasteiger partial charge in [0, 0.05) is 39.8 Å². The molecule has 152 valence electrons. The molecule has 8 nitrogen and oxygen atoms in total. The number of para-hydroxylation sites is 2. The van der Waals surface area contributed by atoms with Gasteiger partial charge in [-0.2, -0.15) is 0 Å². The van der Waals surface area contributed by atoms with E-state index in [0.717, 1.165) is 16.9 Å². The summed E-state index contributed by atoms with van der Waals surface area (Å²) in [6.07, 6.45) is 0. The molecule has 0 bridgehead atoms. The summed E-state index contributed by atoms with van der Waals surface area (Å²) in [5.41, 5.74) is 1.75. The summed E-state index contributed by atoms with van der Waals surface area (Å²) >= 11 is 0. The SMILES string of the molecule is CNC(=O)C1CN(C(=O)Cn2c(COC)nc3ccccc32)CCN1C(C)C. The van der Waals surface area contributed by atoms with Gasteiger partial charge in [0.15, 0.2) is 0 Å². The fourth-order valence-corrected chi connectivity index (χ4v) is 3.82. The van der Waals surface area contributed by atoms with Crippen molar-refractivity contribution in [2.45, 2.75) is 39.1 Å². The van der Waals surface area contributed by atoms with E-state index in [1.807, 2.05) is 28.8 Å². The smallest absolute Gasteiger partial charge is 0.242 e. The Kier molecular flexibility index (Phi) is 6.31. The van der Waals surface area contributed by atoms with Crippen LogP contribution < -0.4 is 5.32 Å². The van der Waals surface area contributed by atoms with Gasteiger partial charge >= 0.3 is 0 Å². The molecule has 1 N–H and O–H groups in total. The fraction of sp³-hybridized carbons (Fsp3) is 0.550. The highest BCUT2D eigenvalue weighted by atomic mass is 16.5. The summed E-state index contributed by atoms with van der Waals surface area (Å²) in [5, 5.41) is 2.72. The number of aromatic nitrogens is 2. The van der Waals surface area contributed by atoms with Gasteiger partial charge in [0.1, 0.15) is 25.0 Å². The van der Waals surface area contributed by atoms with E-state index in [4.69, 9.17) is 4.74 Å². The van der Waals surface area contributed by atoms with Crippen molar-refractivity contribution in [3.8, 4) is 0 Å². The van der Waals surface area contributed by atoms with Gasteiger partial charge in [0.25, 0.3) is 0 Å². The van der Waals surface area contributed by atoms with Crippen LogP contribution in [-0.4, -0.2) is 77.0 Å². The van der Waals surface area contributed by atoms with Crippen LogP contribution in [0.5, 0.6) is 0 Å². The lowest BCUT2D eigenvalue weighted by Gasteiger charge is -2.42. The number of hydrogen-bond acceptors (Lipinski definition) is 5. The zero-order chi connectivity index (χ0) is 20.3. The minimum absolute atomic E-state index is 0.0159. The summed E-state index contributed by atoms with van der Waals surface area (Å²) in [6.45, 7) is 6.34. The Morgan fingerprint density at radius 2 is 2.04 bits per heavy atom. The maximum absolute atomic E-state index is 13.1. The maximum Gasteiger partial charge on any atom is 0.242 e. The Morgan fingerprint density at radius 1 is 1.29 bits per heavy atom. The normalized spacial score (nSPS) is 18.0. The maximum atomic E-state index is 13.1. The minimum Gasteiger partial charge on any atom is -0.377 e. The number of piperazine rings is 1. The lowest BCUT2D eigenvalue weighted by atomic mass is 10.1. The van der Waals surface area contributed by atoms with Gasteiger partial charge in [-0.3, -0.25) is 14.5 Å². The molecular weight excluding hydrogens is 358 g/mol. The molecule has 0 spiro atoms. The molecular formula is C20H29N5O3. The Morgan fingerprint density at radius 3 is 2.71 bits per heavy atom. The predicted molar refractivity (Wildman–Crippen MR) is 107 cm³/mol. The van der Waals surface area contributed by atoms with E-state index >= 15 is 0 Å². The summed E-state index contributed by atoms with van der Waals surface area (Å²) in [5.74, 6) is 0.651. The lowest BCUT2D eigenvalue weighted by molar-refractivity contribution is -0.139. The van der Waals surface area contributed by atoms with Crippen LogP contribution in [0.4, 0.5) is 0 Å². The van der Waals surface area contributed by atoms with E-state index in [2.05, 4.69) is 29.0 Å². The highest BCUT2D eigenvalue weighted by Gasteiger charge is 2.35. The van der Waals surface area contributed by atoms with Crippen LogP contribution in [0.3, 0.4) is 0 Å². The first-order chi connectivity index (χ1) is 13.5. The average molecular weight is 387 g/mol. The molecule has 2 heterocycles. The van der Waals surface area contributed by atoms with Crippen LogP contribution in [0.1, 0.15) is 19.7 Å². The molecule has 0 radical (unpaired) electrons. The van der Waals surface area contributed by atoms with E-state index in [-0.39, 0.29) is 30.4 Å². The van der Waals surface area contributed by atoms with E-state index in [0.29, 0.717) is 26.2 Å². The molecule has 1 aliphatic rings. The second-order valence-electron chi connectivity index (χ2n) is 7.34. The third-order valence-corrected chi connectivity index (χ3v) is 5.29. The number of ether oxygens (including phenoxy) is 1. The van der Waals surface area contributed by atoms with Crippen molar-refractivity contribution in [2.75, 3.05) is 33.8 Å². The average Bonchev–Trinajstić information content (AvgIpc) is 3.04. The lowest BCUT2D eigenvalue weighted by Crippen LogP contribution is -2.61. The van der Waals surface area contributed by atoms with Gasteiger partial charge in [-0.15, -0.1) is 0 Å². The van der Waals surface area contributed by atoms with Crippen LogP contribution in [-0.2, 0) is 27.5 Å². The molecule has 0 aliphatic carbocycles. The molecule has 1 atom stereocenters. The van der Waals surface area contributed by atoms with Gasteiger partial charge in [-0.05, 0) is 26.0 Å². The molecule has 2 amide bonds. The number of rotatable bonds is 6. The first-order valence-electron chi connectivity index (χ1n) is 9.64. The van der Waals surface area contributed by atoms with Gasteiger partial charge < -0.3 is 19.5 Å². The largest absolute Gasteiger partial charge is 0.377 e. The molecule has 8 heteroatoms. The highest BCUT2D eigenvalue weighted by molar-refractivity contribution is 5.84. The Balaban J connectivity index is 1.81. The number of carbonyl (C=O) groups is 2. The van der Waals surface area contributed by atoms with E-state index in [9.17, 15) is 9.59 Å². The monoisotopic (exact) mass is 387 g/mol. The van der Waals surface area contributed by atoms with Crippen molar-refractivity contribution in [1.29, 1.82) is 0 Å². The number of methoxy groups -OCH3 is 1. The van der Waals surface area contributed by atoms with Crippen molar-refractivity contribution in [3.63, 3.8) is 0 Å². The summed E-state index contributed by atoms with van der Waals surface area (Å²) in [7, 11) is 3.25. The molecule has 1 unspecified atom stereocenters. The molecule has 1 aliphatic heterocycles. The Labute approximate surface area is 165 Å². The zero-order valence-electron chi connectivity index (χ0n) is 17.0. The first kappa shape index (κ1) is 20.3. The van der Waals surface area contributed by atoms with Gasteiger partial charge in [0.2, 0.25) is 11.8 Å². The van der Waals surface area contributed by atoms with Crippen LogP contribution in [0.2, 0.25) is 0 Å². The summed E-state index contributed by atoms with van der Waals surface area (Å²) in [4.78, 5) is 34.0. The highest BCUT2D eigenvalue weighted by Crippen LogP contribution is 2.19. The van der Waals surface area contributed by atoms with Gasteiger partial charge in [-0.25, -0.2) is 4.98 Å². The summed E-state index contributed by atoms with van der Waals surface area (Å²) < 4.78 is 7.17. The number of fused-ring (bicyclic) bond motifs is 1. The van der Waals surface area contributed by atoms with Crippen molar-refractivity contribution in [1.82, 2.24) is 24.7 Å². The molecule has 0 saturated carbocycles. The first-order valence-corrected chi connectivity index (χ1v) is 9.64. The van der Waals surface area contributed by atoms with Crippen molar-refractivity contribution >= 4 is 22.8 Å². The Hall–Kier alpha value is -2.45. The van der Waals surface area contributed by atoms with Crippen LogP contribution in [0.25, 0.3) is 11.0 Å². The van der Waals surface area contributed by atoms with Gasteiger partial charge in [0.05, 0.1) is 11.0 Å². The number of imidazole rings is 1. The fourth-order valence-electron chi connectivity index (χ4n) is 3.82.